The van der Waals surface area contributed by atoms with Crippen LogP contribution in [0.2, 0.25) is 0 Å². The highest BCUT2D eigenvalue weighted by molar-refractivity contribution is 5.76. The molecule has 0 unspecified atom stereocenters. The third kappa shape index (κ3) is 4.63. The molecule has 0 atom stereocenters. The van der Waals surface area contributed by atoms with E-state index in [1.54, 1.807) is 0 Å². The van der Waals surface area contributed by atoms with Gasteiger partial charge in [-0.2, -0.15) is 5.10 Å². The van der Waals surface area contributed by atoms with Crippen LogP contribution in [0.5, 0.6) is 0 Å². The smallest absolute Gasteiger partial charge is 0.223 e. The van der Waals surface area contributed by atoms with Gasteiger partial charge in [0.15, 0.2) is 0 Å². The van der Waals surface area contributed by atoms with E-state index in [2.05, 4.69) is 30.8 Å². The Hall–Kier alpha value is -1.36. The van der Waals surface area contributed by atoms with Crippen LogP contribution in [0.15, 0.2) is 18.5 Å². The Bertz CT molecular complexity index is 414. The summed E-state index contributed by atoms with van der Waals surface area (Å²) in [6.07, 6.45) is 4.44. The maximum absolute atomic E-state index is 12.2. The van der Waals surface area contributed by atoms with Gasteiger partial charge in [0.05, 0.1) is 6.54 Å². The van der Waals surface area contributed by atoms with Crippen molar-refractivity contribution in [2.45, 2.75) is 33.7 Å². The highest BCUT2D eigenvalue weighted by Crippen LogP contribution is 2.20. The largest absolute Gasteiger partial charge is 0.340 e. The van der Waals surface area contributed by atoms with E-state index in [4.69, 9.17) is 0 Å². The Labute approximate surface area is 121 Å². The predicted octanol–water partition coefficient (Wildman–Crippen LogP) is 1.46. The van der Waals surface area contributed by atoms with Crippen LogP contribution in [-0.2, 0) is 11.3 Å². The van der Waals surface area contributed by atoms with E-state index < -0.39 is 0 Å². The first-order valence-electron chi connectivity index (χ1n) is 7.42. The van der Waals surface area contributed by atoms with Gasteiger partial charge in [0, 0.05) is 51.5 Å². The average molecular weight is 278 g/mol. The molecule has 1 amide bonds. The van der Waals surface area contributed by atoms with Crippen molar-refractivity contribution in [3.8, 4) is 0 Å². The average Bonchev–Trinajstić information content (AvgIpc) is 2.88. The number of nitrogens with zero attached hydrogens (tertiary/aromatic N) is 4. The molecule has 1 saturated heterocycles. The molecule has 0 aliphatic carbocycles. The van der Waals surface area contributed by atoms with Crippen molar-refractivity contribution in [2.75, 3.05) is 32.7 Å². The van der Waals surface area contributed by atoms with Crippen molar-refractivity contribution in [1.29, 1.82) is 0 Å². The lowest BCUT2D eigenvalue weighted by molar-refractivity contribution is -0.134. The second kappa shape index (κ2) is 6.39. The number of rotatable bonds is 4. The highest BCUT2D eigenvalue weighted by Gasteiger charge is 2.24. The maximum atomic E-state index is 12.2. The first kappa shape index (κ1) is 15.0. The summed E-state index contributed by atoms with van der Waals surface area (Å²) in [5, 5.41) is 4.21. The van der Waals surface area contributed by atoms with Gasteiger partial charge in [0.1, 0.15) is 0 Å². The van der Waals surface area contributed by atoms with Gasteiger partial charge in [-0.3, -0.25) is 14.4 Å². The van der Waals surface area contributed by atoms with E-state index in [0.717, 1.165) is 39.3 Å². The number of carbonyl (C=O) groups is 1. The van der Waals surface area contributed by atoms with Gasteiger partial charge in [-0.25, -0.2) is 0 Å². The number of hydrogen-bond donors (Lipinski definition) is 0. The van der Waals surface area contributed by atoms with Gasteiger partial charge in [0.25, 0.3) is 0 Å². The molecule has 112 valence electrons. The first-order valence-corrected chi connectivity index (χ1v) is 7.42. The number of hydrogen-bond acceptors (Lipinski definition) is 3. The van der Waals surface area contributed by atoms with Gasteiger partial charge >= 0.3 is 0 Å². The molecule has 0 saturated carbocycles. The fraction of sp³-hybridized carbons (Fsp3) is 0.733. The molecule has 1 aromatic rings. The third-order valence-corrected chi connectivity index (χ3v) is 3.61. The predicted molar refractivity (Wildman–Crippen MR) is 79.3 cm³/mol. The number of piperazine rings is 1. The molecule has 1 fully saturated rings. The fourth-order valence-corrected chi connectivity index (χ4v) is 2.46. The summed E-state index contributed by atoms with van der Waals surface area (Å²) in [6, 6.07) is 1.95. The Balaban J connectivity index is 1.71. The lowest BCUT2D eigenvalue weighted by Gasteiger charge is -2.35. The van der Waals surface area contributed by atoms with E-state index in [0.29, 0.717) is 12.3 Å². The highest BCUT2D eigenvalue weighted by atomic mass is 16.2. The number of aromatic nitrogens is 2. The van der Waals surface area contributed by atoms with E-state index in [1.165, 1.54) is 0 Å². The molecule has 2 heterocycles. The number of carbonyl (C=O) groups excluding carboxylic acids is 1. The summed E-state index contributed by atoms with van der Waals surface area (Å²) in [5.41, 5.74) is 0.0777. The lowest BCUT2D eigenvalue weighted by Crippen LogP contribution is -2.49. The SMILES string of the molecule is CC(C)(C)CC(=O)N1CCN(CCn2cccn2)CC1. The second-order valence-electron chi connectivity index (χ2n) is 6.73. The summed E-state index contributed by atoms with van der Waals surface area (Å²) < 4.78 is 1.96. The zero-order valence-corrected chi connectivity index (χ0v) is 12.9. The normalized spacial score (nSPS) is 17.4. The Morgan fingerprint density at radius 1 is 1.15 bits per heavy atom. The maximum Gasteiger partial charge on any atom is 0.223 e. The molecule has 5 nitrogen and oxygen atoms in total. The van der Waals surface area contributed by atoms with Gasteiger partial charge in [0.2, 0.25) is 5.91 Å². The quantitative estimate of drug-likeness (QED) is 0.837. The van der Waals surface area contributed by atoms with Crippen molar-refractivity contribution in [1.82, 2.24) is 19.6 Å². The molecule has 0 N–H and O–H groups in total. The molecule has 5 heteroatoms. The topological polar surface area (TPSA) is 41.4 Å². The summed E-state index contributed by atoms with van der Waals surface area (Å²) >= 11 is 0. The lowest BCUT2D eigenvalue weighted by atomic mass is 9.91. The first-order chi connectivity index (χ1) is 9.44. The molecule has 0 aromatic carbocycles. The van der Waals surface area contributed by atoms with Gasteiger partial charge in [-0.15, -0.1) is 0 Å². The van der Waals surface area contributed by atoms with E-state index in [1.807, 2.05) is 28.0 Å². The minimum Gasteiger partial charge on any atom is -0.340 e. The molecule has 1 aliphatic heterocycles. The van der Waals surface area contributed by atoms with Crippen molar-refractivity contribution < 1.29 is 4.79 Å². The Morgan fingerprint density at radius 3 is 2.40 bits per heavy atom. The van der Waals surface area contributed by atoms with Gasteiger partial charge < -0.3 is 4.90 Å². The molecule has 0 bridgehead atoms. The Kier molecular flexibility index (Phi) is 4.81. The minimum absolute atomic E-state index is 0.0777. The molecular formula is C15H26N4O. The van der Waals surface area contributed by atoms with Gasteiger partial charge in [-0.05, 0) is 11.5 Å². The molecule has 0 radical (unpaired) electrons. The van der Waals surface area contributed by atoms with E-state index in [9.17, 15) is 4.79 Å². The zero-order chi connectivity index (χ0) is 14.6. The van der Waals surface area contributed by atoms with Crippen molar-refractivity contribution >= 4 is 5.91 Å². The molecule has 0 spiro atoms. The summed E-state index contributed by atoms with van der Waals surface area (Å²) in [6.45, 7) is 11.9. The molecule has 1 aromatic heterocycles. The zero-order valence-electron chi connectivity index (χ0n) is 12.9. The van der Waals surface area contributed by atoms with Gasteiger partial charge in [-0.1, -0.05) is 20.8 Å². The Morgan fingerprint density at radius 2 is 1.85 bits per heavy atom. The summed E-state index contributed by atoms with van der Waals surface area (Å²) in [7, 11) is 0. The van der Waals surface area contributed by atoms with E-state index in [-0.39, 0.29) is 5.41 Å². The van der Waals surface area contributed by atoms with Crippen LogP contribution in [0.3, 0.4) is 0 Å². The number of amides is 1. The van der Waals surface area contributed by atoms with Crippen LogP contribution >= 0.6 is 0 Å². The van der Waals surface area contributed by atoms with Crippen LogP contribution in [0.1, 0.15) is 27.2 Å². The fourth-order valence-electron chi connectivity index (χ4n) is 2.46. The van der Waals surface area contributed by atoms with Crippen molar-refractivity contribution in [3.05, 3.63) is 18.5 Å². The molecule has 2 rings (SSSR count). The second-order valence-corrected chi connectivity index (χ2v) is 6.73. The van der Waals surface area contributed by atoms with Crippen LogP contribution in [-0.4, -0.2) is 58.2 Å². The molecule has 1 aliphatic rings. The summed E-state index contributed by atoms with van der Waals surface area (Å²) in [5.74, 6) is 0.296. The summed E-state index contributed by atoms with van der Waals surface area (Å²) in [4.78, 5) is 16.6. The molecule has 20 heavy (non-hydrogen) atoms. The van der Waals surface area contributed by atoms with Crippen LogP contribution in [0.4, 0.5) is 0 Å². The minimum atomic E-state index is 0.0777. The standard InChI is InChI=1S/C15H26N4O/c1-15(2,3)13-14(20)18-10-7-17(8-11-18)9-12-19-6-4-5-16-19/h4-6H,7-13H2,1-3H3. The van der Waals surface area contributed by atoms with Crippen molar-refractivity contribution in [2.24, 2.45) is 5.41 Å². The van der Waals surface area contributed by atoms with Crippen LogP contribution in [0.25, 0.3) is 0 Å². The van der Waals surface area contributed by atoms with Crippen molar-refractivity contribution in [3.63, 3.8) is 0 Å². The van der Waals surface area contributed by atoms with E-state index >= 15 is 0 Å². The van der Waals surface area contributed by atoms with Crippen LogP contribution < -0.4 is 0 Å². The monoisotopic (exact) mass is 278 g/mol. The van der Waals surface area contributed by atoms with Crippen LogP contribution in [0, 0.1) is 5.41 Å². The third-order valence-electron chi connectivity index (χ3n) is 3.61. The molecular weight excluding hydrogens is 252 g/mol.